The van der Waals surface area contributed by atoms with E-state index in [1.165, 1.54) is 12.1 Å². The van der Waals surface area contributed by atoms with E-state index in [0.29, 0.717) is 22.3 Å². The van der Waals surface area contributed by atoms with E-state index in [1.807, 2.05) is 6.07 Å². The first-order chi connectivity index (χ1) is 15.4. The van der Waals surface area contributed by atoms with Crippen LogP contribution in [0.3, 0.4) is 0 Å². The molecule has 0 saturated heterocycles. The lowest BCUT2D eigenvalue weighted by atomic mass is 10.0. The molecular formula is C23H21FN4O4. The monoisotopic (exact) mass is 436 g/mol. The van der Waals surface area contributed by atoms with Crippen molar-refractivity contribution in [2.24, 2.45) is 0 Å². The lowest BCUT2D eigenvalue weighted by Crippen LogP contribution is -2.34. The molecule has 0 radical (unpaired) electrons. The van der Waals surface area contributed by atoms with Gasteiger partial charge in [0.2, 0.25) is 11.8 Å². The first-order valence-electron chi connectivity index (χ1n) is 10.2. The predicted molar refractivity (Wildman–Crippen MR) is 114 cm³/mol. The molecule has 8 nitrogen and oxygen atoms in total. The average Bonchev–Trinajstić information content (AvgIpc) is 3.59. The zero-order valence-electron chi connectivity index (χ0n) is 17.3. The van der Waals surface area contributed by atoms with Crippen LogP contribution in [0.5, 0.6) is 5.88 Å². The van der Waals surface area contributed by atoms with Crippen LogP contribution in [0.1, 0.15) is 41.1 Å². The number of benzene rings is 1. The number of nitrogens with zero attached hydrogens (tertiary/aromatic N) is 2. The van der Waals surface area contributed by atoms with Crippen LogP contribution in [0.2, 0.25) is 0 Å². The number of ether oxygens (including phenoxy) is 1. The minimum absolute atomic E-state index is 0.0494. The van der Waals surface area contributed by atoms with Crippen molar-refractivity contribution in [2.75, 3.05) is 6.61 Å². The summed E-state index contributed by atoms with van der Waals surface area (Å²) in [5.41, 5.74) is 1.14. The number of hydrogen-bond acceptors (Lipinski definition) is 6. The maximum atomic E-state index is 14.3. The van der Waals surface area contributed by atoms with Crippen molar-refractivity contribution in [3.63, 3.8) is 0 Å². The summed E-state index contributed by atoms with van der Waals surface area (Å²) in [6.07, 6.45) is 3.29. The van der Waals surface area contributed by atoms with Crippen LogP contribution in [0.25, 0.3) is 10.9 Å². The van der Waals surface area contributed by atoms with Gasteiger partial charge in [-0.05, 0) is 43.5 Å². The van der Waals surface area contributed by atoms with Crippen LogP contribution in [-0.2, 0) is 11.2 Å². The summed E-state index contributed by atoms with van der Waals surface area (Å²) in [5.74, 6) is -0.862. The molecule has 164 valence electrons. The smallest absolute Gasteiger partial charge is 0.252 e. The Morgan fingerprint density at radius 1 is 1.44 bits per heavy atom. The molecule has 1 aliphatic rings. The maximum Gasteiger partial charge on any atom is 0.252 e. The Bertz CT molecular complexity index is 1290. The van der Waals surface area contributed by atoms with E-state index in [-0.39, 0.29) is 29.2 Å². The van der Waals surface area contributed by atoms with Gasteiger partial charge in [0.25, 0.3) is 5.56 Å². The molecule has 9 heteroatoms. The van der Waals surface area contributed by atoms with Gasteiger partial charge in [0.05, 0.1) is 41.6 Å². The second kappa shape index (κ2) is 8.77. The molecule has 3 aromatic rings. The third-order valence-corrected chi connectivity index (χ3v) is 5.43. The summed E-state index contributed by atoms with van der Waals surface area (Å²) in [6, 6.07) is 6.26. The summed E-state index contributed by atoms with van der Waals surface area (Å²) in [6.45, 7) is 1.18. The number of carbonyl (C=O) groups is 1. The third kappa shape index (κ3) is 4.31. The van der Waals surface area contributed by atoms with Gasteiger partial charge in [-0.2, -0.15) is 5.26 Å². The standard InChI is InChI=1S/C23H21FN4O4/c1-12-16(22(31)28-18-6-7-26-23(21(12)18)32-14-3-4-14)9-20(30)27-19(11-29)15-5-2-13(10-25)8-17(15)24/h2,5-8,14,19,29H,3-4,9,11H2,1H3,(H,27,30)(H,28,31)/t19-/m0/s1. The highest BCUT2D eigenvalue weighted by Gasteiger charge is 2.26. The lowest BCUT2D eigenvalue weighted by molar-refractivity contribution is -0.121. The normalized spacial score (nSPS) is 14.1. The van der Waals surface area contributed by atoms with Crippen molar-refractivity contribution in [3.8, 4) is 11.9 Å². The molecule has 1 amide bonds. The molecule has 0 aliphatic heterocycles. The lowest BCUT2D eigenvalue weighted by Gasteiger charge is -2.18. The number of aromatic amines is 1. The summed E-state index contributed by atoms with van der Waals surface area (Å²) in [7, 11) is 0. The van der Waals surface area contributed by atoms with Crippen molar-refractivity contribution in [3.05, 3.63) is 68.9 Å². The van der Waals surface area contributed by atoms with Crippen LogP contribution in [-0.4, -0.2) is 33.7 Å². The molecule has 3 N–H and O–H groups in total. The molecule has 1 atom stereocenters. The van der Waals surface area contributed by atoms with E-state index < -0.39 is 29.9 Å². The van der Waals surface area contributed by atoms with Crippen molar-refractivity contribution in [1.82, 2.24) is 15.3 Å². The Hall–Kier alpha value is -3.77. The van der Waals surface area contributed by atoms with Crippen molar-refractivity contribution >= 4 is 16.8 Å². The largest absolute Gasteiger partial charge is 0.474 e. The summed E-state index contributed by atoms with van der Waals surface area (Å²) in [5, 5.41) is 21.8. The summed E-state index contributed by atoms with van der Waals surface area (Å²) in [4.78, 5) is 32.4. The number of pyridine rings is 2. The van der Waals surface area contributed by atoms with E-state index in [2.05, 4.69) is 15.3 Å². The molecule has 0 unspecified atom stereocenters. The van der Waals surface area contributed by atoms with Gasteiger partial charge in [0.1, 0.15) is 11.9 Å². The average molecular weight is 436 g/mol. The highest BCUT2D eigenvalue weighted by Crippen LogP contribution is 2.32. The Morgan fingerprint density at radius 2 is 2.22 bits per heavy atom. The number of halogens is 1. The number of hydrogen-bond donors (Lipinski definition) is 3. The predicted octanol–water partition coefficient (Wildman–Crippen LogP) is 2.18. The number of nitriles is 1. The van der Waals surface area contributed by atoms with Gasteiger partial charge in [-0.25, -0.2) is 9.37 Å². The van der Waals surface area contributed by atoms with Gasteiger partial charge in [-0.1, -0.05) is 6.07 Å². The van der Waals surface area contributed by atoms with E-state index in [1.54, 1.807) is 19.2 Å². The fourth-order valence-electron chi connectivity index (χ4n) is 3.58. The van der Waals surface area contributed by atoms with Crippen LogP contribution >= 0.6 is 0 Å². The molecule has 32 heavy (non-hydrogen) atoms. The van der Waals surface area contributed by atoms with Crippen molar-refractivity contribution < 1.29 is 19.0 Å². The molecule has 1 saturated carbocycles. The number of fused-ring (bicyclic) bond motifs is 1. The van der Waals surface area contributed by atoms with Crippen LogP contribution in [0.15, 0.2) is 35.3 Å². The second-order valence-corrected chi connectivity index (χ2v) is 7.74. The van der Waals surface area contributed by atoms with Crippen molar-refractivity contribution in [1.29, 1.82) is 5.26 Å². The molecule has 0 bridgehead atoms. The fraction of sp³-hybridized carbons (Fsp3) is 0.304. The number of rotatable bonds is 7. The summed E-state index contributed by atoms with van der Waals surface area (Å²) < 4.78 is 20.2. The van der Waals surface area contributed by atoms with Gasteiger partial charge in [0.15, 0.2) is 0 Å². The molecule has 2 heterocycles. The number of aryl methyl sites for hydroxylation is 1. The maximum absolute atomic E-state index is 14.3. The minimum atomic E-state index is -1.02. The van der Waals surface area contributed by atoms with E-state index in [9.17, 15) is 19.1 Å². The van der Waals surface area contributed by atoms with Gasteiger partial charge >= 0.3 is 0 Å². The molecule has 1 aromatic carbocycles. The van der Waals surface area contributed by atoms with Gasteiger partial charge in [0, 0.05) is 17.3 Å². The molecule has 2 aromatic heterocycles. The number of aliphatic hydroxyl groups is 1. The topological polar surface area (TPSA) is 128 Å². The number of amides is 1. The highest BCUT2D eigenvalue weighted by molar-refractivity contribution is 5.89. The molecule has 0 spiro atoms. The third-order valence-electron chi connectivity index (χ3n) is 5.43. The quantitative estimate of drug-likeness (QED) is 0.521. The van der Waals surface area contributed by atoms with Crippen molar-refractivity contribution in [2.45, 2.75) is 38.3 Å². The first kappa shape index (κ1) is 21.5. The Morgan fingerprint density at radius 3 is 2.88 bits per heavy atom. The zero-order chi connectivity index (χ0) is 22.8. The second-order valence-electron chi connectivity index (χ2n) is 7.74. The SMILES string of the molecule is Cc1c(CC(=O)N[C@@H](CO)c2ccc(C#N)cc2F)c(=O)[nH]c2ccnc(OC3CC3)c12. The Kier molecular flexibility index (Phi) is 5.88. The minimum Gasteiger partial charge on any atom is -0.474 e. The van der Waals surface area contributed by atoms with Crippen LogP contribution < -0.4 is 15.6 Å². The Balaban J connectivity index is 1.60. The zero-order valence-corrected chi connectivity index (χ0v) is 17.3. The Labute approximate surface area is 182 Å². The number of carbonyl (C=O) groups excluding carboxylic acids is 1. The van der Waals surface area contributed by atoms with Gasteiger partial charge in [-0.3, -0.25) is 9.59 Å². The number of H-pyrrole nitrogens is 1. The fourth-order valence-corrected chi connectivity index (χ4v) is 3.58. The molecule has 1 aliphatic carbocycles. The molecular weight excluding hydrogens is 415 g/mol. The van der Waals surface area contributed by atoms with E-state index in [4.69, 9.17) is 10.00 Å². The van der Waals surface area contributed by atoms with E-state index in [0.717, 1.165) is 18.9 Å². The number of nitrogens with one attached hydrogen (secondary N) is 2. The first-order valence-corrected chi connectivity index (χ1v) is 10.2. The highest BCUT2D eigenvalue weighted by atomic mass is 19.1. The number of aliphatic hydroxyl groups excluding tert-OH is 1. The summed E-state index contributed by atoms with van der Waals surface area (Å²) >= 11 is 0. The van der Waals surface area contributed by atoms with Gasteiger partial charge < -0.3 is 20.1 Å². The van der Waals surface area contributed by atoms with Crippen LogP contribution in [0, 0.1) is 24.1 Å². The molecule has 1 fully saturated rings. The van der Waals surface area contributed by atoms with Gasteiger partial charge in [-0.15, -0.1) is 0 Å². The molecule has 4 rings (SSSR count). The van der Waals surface area contributed by atoms with E-state index >= 15 is 0 Å². The number of aromatic nitrogens is 2. The van der Waals surface area contributed by atoms with Crippen LogP contribution in [0.4, 0.5) is 4.39 Å².